The van der Waals surface area contributed by atoms with Crippen LogP contribution in [0.1, 0.15) is 5.56 Å². The topological polar surface area (TPSA) is 40.5 Å². The highest BCUT2D eigenvalue weighted by atomic mass is 35.5. The van der Waals surface area contributed by atoms with Crippen molar-refractivity contribution in [3.63, 3.8) is 0 Å². The summed E-state index contributed by atoms with van der Waals surface area (Å²) >= 11 is 12.9. The second-order valence-corrected chi connectivity index (χ2v) is 5.20. The molecule has 0 saturated heterocycles. The zero-order valence-electron chi connectivity index (χ0n) is 7.46. The number of hydrogen-bond donors (Lipinski definition) is 1. The average molecular weight is 254 g/mol. The predicted molar refractivity (Wildman–Crippen MR) is 58.3 cm³/mol. The summed E-state index contributed by atoms with van der Waals surface area (Å²) in [6.07, 6.45) is 0. The molecule has 1 aromatic heterocycles. The van der Waals surface area contributed by atoms with E-state index in [1.807, 2.05) is 0 Å². The van der Waals surface area contributed by atoms with Crippen molar-refractivity contribution >= 4 is 40.5 Å². The first kappa shape index (κ1) is 11.8. The normalized spacial score (nSPS) is 10.9. The molecular weight excluding hydrogens is 245 g/mol. The monoisotopic (exact) mass is 253 g/mol. The molecule has 0 bridgehead atoms. The molecule has 0 fully saturated rings. The third-order valence-electron chi connectivity index (χ3n) is 1.57. The molecule has 1 aromatic rings. The molecule has 1 heterocycles. The van der Waals surface area contributed by atoms with Gasteiger partial charge in [-0.05, 0) is 18.7 Å². The second kappa shape index (κ2) is 4.98. The molecular formula is C8H9Cl2NO2S. The number of rotatable bonds is 4. The van der Waals surface area contributed by atoms with E-state index in [2.05, 4.69) is 0 Å². The van der Waals surface area contributed by atoms with E-state index in [0.717, 1.165) is 5.56 Å². The number of hydrogen-bond acceptors (Lipinski definition) is 3. The number of likely N-dealkylation sites (N-methyl/N-ethyl adjacent to an activating group) is 1. The van der Waals surface area contributed by atoms with Crippen molar-refractivity contribution < 1.29 is 9.90 Å². The number of carboxylic acid groups (broad SMARTS) is 1. The van der Waals surface area contributed by atoms with Crippen molar-refractivity contribution in [2.75, 3.05) is 13.6 Å². The van der Waals surface area contributed by atoms with Crippen LogP contribution < -0.4 is 0 Å². The van der Waals surface area contributed by atoms with Crippen LogP contribution in [0.4, 0.5) is 0 Å². The maximum atomic E-state index is 10.4. The van der Waals surface area contributed by atoms with Crippen LogP contribution in [0.15, 0.2) is 6.07 Å². The Morgan fingerprint density at radius 3 is 2.71 bits per heavy atom. The molecule has 0 aliphatic carbocycles. The molecule has 0 aromatic carbocycles. The maximum absolute atomic E-state index is 10.4. The van der Waals surface area contributed by atoms with E-state index >= 15 is 0 Å². The summed E-state index contributed by atoms with van der Waals surface area (Å²) < 4.78 is 1.24. The molecule has 0 aliphatic rings. The molecule has 6 heteroatoms. The van der Waals surface area contributed by atoms with Crippen molar-refractivity contribution in [1.29, 1.82) is 0 Å². The summed E-state index contributed by atoms with van der Waals surface area (Å²) in [5, 5.41) is 8.54. The first-order valence-electron chi connectivity index (χ1n) is 3.83. The minimum Gasteiger partial charge on any atom is -0.480 e. The molecule has 1 N–H and O–H groups in total. The van der Waals surface area contributed by atoms with E-state index in [0.29, 0.717) is 15.2 Å². The Morgan fingerprint density at radius 2 is 2.29 bits per heavy atom. The van der Waals surface area contributed by atoms with Crippen molar-refractivity contribution in [2.24, 2.45) is 0 Å². The van der Waals surface area contributed by atoms with Gasteiger partial charge < -0.3 is 5.11 Å². The van der Waals surface area contributed by atoms with Crippen molar-refractivity contribution in [2.45, 2.75) is 6.54 Å². The molecule has 0 radical (unpaired) electrons. The molecule has 3 nitrogen and oxygen atoms in total. The summed E-state index contributed by atoms with van der Waals surface area (Å²) in [4.78, 5) is 12.1. The Kier molecular flexibility index (Phi) is 4.19. The largest absolute Gasteiger partial charge is 0.480 e. The highest BCUT2D eigenvalue weighted by molar-refractivity contribution is 7.20. The van der Waals surface area contributed by atoms with Crippen LogP contribution in [0.2, 0.25) is 8.67 Å². The van der Waals surface area contributed by atoms with Gasteiger partial charge in [-0.2, -0.15) is 0 Å². The molecule has 0 atom stereocenters. The van der Waals surface area contributed by atoms with Crippen LogP contribution in [0.3, 0.4) is 0 Å². The van der Waals surface area contributed by atoms with Gasteiger partial charge >= 0.3 is 5.97 Å². The van der Waals surface area contributed by atoms with E-state index in [4.69, 9.17) is 28.3 Å². The van der Waals surface area contributed by atoms with Gasteiger partial charge in [-0.1, -0.05) is 23.2 Å². The van der Waals surface area contributed by atoms with Crippen LogP contribution in [-0.4, -0.2) is 29.6 Å². The van der Waals surface area contributed by atoms with Crippen LogP contribution in [-0.2, 0) is 11.3 Å². The van der Waals surface area contributed by atoms with E-state index in [1.165, 1.54) is 11.3 Å². The summed E-state index contributed by atoms with van der Waals surface area (Å²) in [6.45, 7) is 0.484. The third-order valence-corrected chi connectivity index (χ3v) is 3.14. The quantitative estimate of drug-likeness (QED) is 0.897. The lowest BCUT2D eigenvalue weighted by molar-refractivity contribution is -0.138. The number of halogens is 2. The van der Waals surface area contributed by atoms with E-state index in [-0.39, 0.29) is 6.54 Å². The van der Waals surface area contributed by atoms with Crippen LogP contribution >= 0.6 is 34.5 Å². The molecule has 0 aliphatic heterocycles. The minimum absolute atomic E-state index is 0.0101. The predicted octanol–water partition coefficient (Wildman–Crippen LogP) is 2.57. The molecule has 1 rings (SSSR count). The first-order valence-corrected chi connectivity index (χ1v) is 5.40. The van der Waals surface area contributed by atoms with Crippen LogP contribution in [0.5, 0.6) is 0 Å². The fourth-order valence-electron chi connectivity index (χ4n) is 1.06. The van der Waals surface area contributed by atoms with Crippen molar-refractivity contribution in [1.82, 2.24) is 4.90 Å². The van der Waals surface area contributed by atoms with Gasteiger partial charge in [0.1, 0.15) is 0 Å². The van der Waals surface area contributed by atoms with Crippen molar-refractivity contribution in [3.05, 3.63) is 20.3 Å². The molecule has 0 unspecified atom stereocenters. The summed E-state index contributed by atoms with van der Waals surface area (Å²) in [6, 6.07) is 1.76. The first-order chi connectivity index (χ1) is 6.49. The lowest BCUT2D eigenvalue weighted by atomic mass is 10.3. The molecule has 78 valence electrons. The lowest BCUT2D eigenvalue weighted by Gasteiger charge is -2.12. The third kappa shape index (κ3) is 3.46. The van der Waals surface area contributed by atoms with Gasteiger partial charge in [0.05, 0.1) is 15.2 Å². The summed E-state index contributed by atoms with van der Waals surface area (Å²) in [5.41, 5.74) is 0.866. The van der Waals surface area contributed by atoms with Gasteiger partial charge in [-0.15, -0.1) is 11.3 Å². The fourth-order valence-corrected chi connectivity index (χ4v) is 2.53. The number of aliphatic carboxylic acids is 1. The molecule has 14 heavy (non-hydrogen) atoms. The van der Waals surface area contributed by atoms with Gasteiger partial charge in [0, 0.05) is 6.54 Å². The average Bonchev–Trinajstić information content (AvgIpc) is 2.28. The number of carbonyl (C=O) groups is 1. The van der Waals surface area contributed by atoms with Gasteiger partial charge in [0.15, 0.2) is 0 Å². The van der Waals surface area contributed by atoms with E-state index in [1.54, 1.807) is 18.0 Å². The second-order valence-electron chi connectivity index (χ2n) is 2.92. The Balaban J connectivity index is 2.59. The standard InChI is InChI=1S/C8H9Cl2NO2S/c1-11(4-7(12)13)3-5-2-6(9)14-8(5)10/h2H,3-4H2,1H3,(H,12,13). The SMILES string of the molecule is CN(CC(=O)O)Cc1cc(Cl)sc1Cl. The zero-order valence-corrected chi connectivity index (χ0v) is 9.79. The van der Waals surface area contributed by atoms with Gasteiger partial charge in [-0.3, -0.25) is 9.69 Å². The Bertz CT molecular complexity index is 340. The molecule has 0 amide bonds. The maximum Gasteiger partial charge on any atom is 0.317 e. The molecule has 0 spiro atoms. The Labute approximate surface area is 95.9 Å². The van der Waals surface area contributed by atoms with Crippen LogP contribution in [0, 0.1) is 0 Å². The Morgan fingerprint density at radius 1 is 1.64 bits per heavy atom. The van der Waals surface area contributed by atoms with Crippen molar-refractivity contribution in [3.8, 4) is 0 Å². The minimum atomic E-state index is -0.857. The van der Waals surface area contributed by atoms with Crippen LogP contribution in [0.25, 0.3) is 0 Å². The Hall–Kier alpha value is -0.290. The zero-order chi connectivity index (χ0) is 10.7. The lowest BCUT2D eigenvalue weighted by Crippen LogP contribution is -2.24. The summed E-state index contributed by atoms with van der Waals surface area (Å²) in [5.74, 6) is -0.857. The highest BCUT2D eigenvalue weighted by Gasteiger charge is 2.10. The van der Waals surface area contributed by atoms with E-state index < -0.39 is 5.97 Å². The van der Waals surface area contributed by atoms with Gasteiger partial charge in [0.25, 0.3) is 0 Å². The number of thiophene rings is 1. The van der Waals surface area contributed by atoms with E-state index in [9.17, 15) is 4.79 Å². The number of carboxylic acids is 1. The molecule has 0 saturated carbocycles. The summed E-state index contributed by atoms with van der Waals surface area (Å²) in [7, 11) is 1.72. The highest BCUT2D eigenvalue weighted by Crippen LogP contribution is 2.31. The van der Waals surface area contributed by atoms with Gasteiger partial charge in [0.2, 0.25) is 0 Å². The smallest absolute Gasteiger partial charge is 0.317 e. The number of nitrogens with zero attached hydrogens (tertiary/aromatic N) is 1. The fraction of sp³-hybridized carbons (Fsp3) is 0.375. The van der Waals surface area contributed by atoms with Gasteiger partial charge in [-0.25, -0.2) is 0 Å².